The normalized spacial score (nSPS) is 10.7. The molecule has 134 valence electrons. The average molecular weight is 363 g/mol. The topological polar surface area (TPSA) is 96.3 Å². The highest BCUT2D eigenvalue weighted by atomic mass is 32.2. The van der Waals surface area contributed by atoms with E-state index in [-0.39, 0.29) is 17.1 Å². The number of rotatable bonds is 7. The highest BCUT2D eigenvalue weighted by molar-refractivity contribution is 8.00. The Labute approximate surface area is 149 Å². The number of thioether (sulfide) groups is 1. The molecular weight excluding hydrogens is 342 g/mol. The van der Waals surface area contributed by atoms with E-state index in [9.17, 15) is 14.4 Å². The summed E-state index contributed by atoms with van der Waals surface area (Å²) in [6.45, 7) is 2.24. The summed E-state index contributed by atoms with van der Waals surface area (Å²) in [7, 11) is 2.93. The second kappa shape index (κ2) is 8.06. The van der Waals surface area contributed by atoms with Gasteiger partial charge in [-0.05, 0) is 30.7 Å². The maximum Gasteiger partial charge on any atom is 0.332 e. The van der Waals surface area contributed by atoms with E-state index < -0.39 is 17.0 Å². The molecule has 0 bridgehead atoms. The van der Waals surface area contributed by atoms with E-state index in [1.54, 1.807) is 19.2 Å². The molecule has 0 amide bonds. The minimum Gasteiger partial charge on any atom is -0.497 e. The van der Waals surface area contributed by atoms with Crippen LogP contribution in [0.15, 0.2) is 38.8 Å². The monoisotopic (exact) mass is 363 g/mol. The first-order valence-corrected chi connectivity index (χ1v) is 8.78. The molecule has 7 nitrogen and oxygen atoms in total. The van der Waals surface area contributed by atoms with Crippen LogP contribution in [0, 0.1) is 0 Å². The van der Waals surface area contributed by atoms with Gasteiger partial charge in [0, 0.05) is 18.5 Å². The Balaban J connectivity index is 2.29. The number of carbonyl (C=O) groups is 1. The van der Waals surface area contributed by atoms with Gasteiger partial charge in [0.2, 0.25) is 0 Å². The summed E-state index contributed by atoms with van der Waals surface area (Å²) < 4.78 is 7.29. The molecule has 25 heavy (non-hydrogen) atoms. The fourth-order valence-corrected chi connectivity index (χ4v) is 3.15. The molecule has 0 aliphatic heterocycles. The van der Waals surface area contributed by atoms with Crippen molar-refractivity contribution >= 4 is 23.4 Å². The molecule has 0 aliphatic rings. The maximum atomic E-state index is 12.5. The van der Waals surface area contributed by atoms with Gasteiger partial charge in [0.15, 0.2) is 5.78 Å². The average Bonchev–Trinajstić information content (AvgIpc) is 2.62. The second-order valence-electron chi connectivity index (χ2n) is 5.45. The van der Waals surface area contributed by atoms with E-state index in [1.807, 2.05) is 19.1 Å². The molecule has 1 heterocycles. The summed E-state index contributed by atoms with van der Waals surface area (Å²) in [6, 6.07) is 7.25. The SMILES string of the molecule is CCCn1c(N)c(C(=O)CSc2ccc(OC)cc2)c(=O)n(C)c1=O. The highest BCUT2D eigenvalue weighted by Gasteiger charge is 2.21. The zero-order chi connectivity index (χ0) is 18.6. The van der Waals surface area contributed by atoms with Gasteiger partial charge in [0.25, 0.3) is 5.56 Å². The number of benzene rings is 1. The van der Waals surface area contributed by atoms with Crippen LogP contribution < -0.4 is 21.7 Å². The largest absolute Gasteiger partial charge is 0.497 e. The van der Waals surface area contributed by atoms with Gasteiger partial charge in [-0.3, -0.25) is 18.7 Å². The first-order chi connectivity index (χ1) is 11.9. The molecule has 1 aromatic heterocycles. The number of nitrogens with two attached hydrogens (primary N) is 1. The van der Waals surface area contributed by atoms with Crippen molar-refractivity contribution in [1.29, 1.82) is 0 Å². The van der Waals surface area contributed by atoms with Crippen molar-refractivity contribution in [1.82, 2.24) is 9.13 Å². The van der Waals surface area contributed by atoms with E-state index in [4.69, 9.17) is 10.5 Å². The van der Waals surface area contributed by atoms with Crippen LogP contribution in [0.5, 0.6) is 5.75 Å². The van der Waals surface area contributed by atoms with Gasteiger partial charge in [-0.1, -0.05) is 6.92 Å². The van der Waals surface area contributed by atoms with Crippen LogP contribution >= 0.6 is 11.8 Å². The summed E-state index contributed by atoms with van der Waals surface area (Å²) >= 11 is 1.29. The van der Waals surface area contributed by atoms with Crippen molar-refractivity contribution in [2.75, 3.05) is 18.6 Å². The number of hydrogen-bond donors (Lipinski definition) is 1. The Kier molecular flexibility index (Phi) is 6.08. The third kappa shape index (κ3) is 3.96. The molecule has 8 heteroatoms. The third-order valence-corrected chi connectivity index (χ3v) is 4.75. The predicted molar refractivity (Wildman–Crippen MR) is 98.7 cm³/mol. The van der Waals surface area contributed by atoms with E-state index in [0.717, 1.165) is 15.2 Å². The van der Waals surface area contributed by atoms with Crippen LogP contribution in [0.25, 0.3) is 0 Å². The molecule has 0 unspecified atom stereocenters. The third-order valence-electron chi connectivity index (χ3n) is 3.74. The van der Waals surface area contributed by atoms with Crippen LogP contribution in [0.4, 0.5) is 5.82 Å². The van der Waals surface area contributed by atoms with E-state index in [0.29, 0.717) is 13.0 Å². The van der Waals surface area contributed by atoms with Gasteiger partial charge >= 0.3 is 5.69 Å². The lowest BCUT2D eigenvalue weighted by atomic mass is 10.2. The number of aromatic nitrogens is 2. The molecule has 0 radical (unpaired) electrons. The highest BCUT2D eigenvalue weighted by Crippen LogP contribution is 2.22. The van der Waals surface area contributed by atoms with Crippen LogP contribution in [-0.4, -0.2) is 27.8 Å². The number of hydrogen-bond acceptors (Lipinski definition) is 6. The molecule has 0 saturated carbocycles. The fraction of sp³-hybridized carbons (Fsp3) is 0.353. The molecular formula is C17H21N3O4S. The molecule has 1 aromatic carbocycles. The lowest BCUT2D eigenvalue weighted by Crippen LogP contribution is -2.42. The Morgan fingerprint density at radius 2 is 1.88 bits per heavy atom. The zero-order valence-corrected chi connectivity index (χ0v) is 15.3. The number of ether oxygens (including phenoxy) is 1. The van der Waals surface area contributed by atoms with Crippen molar-refractivity contribution in [3.63, 3.8) is 0 Å². The van der Waals surface area contributed by atoms with Crippen molar-refractivity contribution in [2.24, 2.45) is 7.05 Å². The minimum atomic E-state index is -0.657. The summed E-state index contributed by atoms with van der Waals surface area (Å²) in [5, 5.41) is 0. The first kappa shape index (κ1) is 18.9. The van der Waals surface area contributed by atoms with Crippen molar-refractivity contribution < 1.29 is 9.53 Å². The van der Waals surface area contributed by atoms with Crippen LogP contribution in [0.2, 0.25) is 0 Å². The Hall–Kier alpha value is -2.48. The molecule has 2 N–H and O–H groups in total. The Morgan fingerprint density at radius 1 is 1.24 bits per heavy atom. The van der Waals surface area contributed by atoms with Crippen LogP contribution in [0.3, 0.4) is 0 Å². The van der Waals surface area contributed by atoms with E-state index >= 15 is 0 Å². The molecule has 2 rings (SSSR count). The van der Waals surface area contributed by atoms with Crippen molar-refractivity contribution in [2.45, 2.75) is 24.8 Å². The quantitative estimate of drug-likeness (QED) is 0.592. The number of Topliss-reactive ketones (excluding diaryl/α,β-unsaturated/α-hetero) is 1. The summed E-state index contributed by atoms with van der Waals surface area (Å²) in [5.41, 5.74) is 4.65. The first-order valence-electron chi connectivity index (χ1n) is 7.80. The van der Waals surface area contributed by atoms with Crippen molar-refractivity contribution in [3.05, 3.63) is 50.7 Å². The molecule has 0 saturated heterocycles. The van der Waals surface area contributed by atoms with E-state index in [1.165, 1.54) is 23.4 Å². The van der Waals surface area contributed by atoms with Gasteiger partial charge in [-0.2, -0.15) is 0 Å². The zero-order valence-electron chi connectivity index (χ0n) is 14.4. The second-order valence-corrected chi connectivity index (χ2v) is 6.49. The van der Waals surface area contributed by atoms with Gasteiger partial charge in [0.1, 0.15) is 17.1 Å². The fourth-order valence-electron chi connectivity index (χ4n) is 2.38. The van der Waals surface area contributed by atoms with Crippen molar-refractivity contribution in [3.8, 4) is 5.75 Å². The smallest absolute Gasteiger partial charge is 0.332 e. The number of nitrogen functional groups attached to an aromatic ring is 1. The molecule has 2 aromatic rings. The van der Waals surface area contributed by atoms with Gasteiger partial charge < -0.3 is 10.5 Å². The Morgan fingerprint density at radius 3 is 2.44 bits per heavy atom. The summed E-state index contributed by atoms with van der Waals surface area (Å²) in [6.07, 6.45) is 0.663. The summed E-state index contributed by atoms with van der Waals surface area (Å²) in [5.74, 6) is 0.315. The number of methoxy groups -OCH3 is 1. The predicted octanol–water partition coefficient (Wildman–Crippen LogP) is 1.52. The lowest BCUT2D eigenvalue weighted by molar-refractivity contribution is 0.102. The molecule has 0 atom stereocenters. The van der Waals surface area contributed by atoms with Crippen LogP contribution in [-0.2, 0) is 13.6 Å². The van der Waals surface area contributed by atoms with Gasteiger partial charge in [-0.25, -0.2) is 4.79 Å². The van der Waals surface area contributed by atoms with Gasteiger partial charge in [0.05, 0.1) is 12.9 Å². The minimum absolute atomic E-state index is 0.0517. The molecule has 0 fully saturated rings. The summed E-state index contributed by atoms with van der Waals surface area (Å²) in [4.78, 5) is 37.9. The molecule has 0 aliphatic carbocycles. The molecule has 0 spiro atoms. The number of anilines is 1. The van der Waals surface area contributed by atoms with Crippen LogP contribution in [0.1, 0.15) is 23.7 Å². The lowest BCUT2D eigenvalue weighted by Gasteiger charge is -2.13. The number of ketones is 1. The number of nitrogens with zero attached hydrogens (tertiary/aromatic N) is 2. The number of carbonyl (C=O) groups excluding carboxylic acids is 1. The van der Waals surface area contributed by atoms with E-state index in [2.05, 4.69) is 0 Å². The Bertz CT molecular complexity index is 884. The maximum absolute atomic E-state index is 12.5. The van der Waals surface area contributed by atoms with Gasteiger partial charge in [-0.15, -0.1) is 11.8 Å². The standard InChI is InChI=1S/C17H21N3O4S/c1-4-9-20-15(18)14(16(22)19(2)17(20)23)13(21)10-25-12-7-5-11(24-3)6-8-12/h5-8H,4,9-10,18H2,1-3H3.